The maximum atomic E-state index is 5.80. The van der Waals surface area contributed by atoms with Gasteiger partial charge in [-0.2, -0.15) is 0 Å². The SMILES string of the molecule is Cc1cc(Oc2cccc(CNC(C)C)n2)ccc1Br. The largest absolute Gasteiger partial charge is 0.439 e. The molecule has 0 saturated carbocycles. The number of aryl methyl sites for hydroxylation is 1. The molecule has 106 valence electrons. The Morgan fingerprint density at radius 2 is 2.05 bits per heavy atom. The first-order valence-corrected chi connectivity index (χ1v) is 7.47. The van der Waals surface area contributed by atoms with Crippen LogP contribution in [0.3, 0.4) is 0 Å². The van der Waals surface area contributed by atoms with E-state index in [0.717, 1.165) is 28.0 Å². The van der Waals surface area contributed by atoms with Gasteiger partial charge in [-0.25, -0.2) is 4.98 Å². The Balaban J connectivity index is 2.08. The first kappa shape index (κ1) is 15.0. The highest BCUT2D eigenvalue weighted by Crippen LogP contribution is 2.25. The van der Waals surface area contributed by atoms with Crippen molar-refractivity contribution in [1.82, 2.24) is 10.3 Å². The van der Waals surface area contributed by atoms with E-state index in [1.165, 1.54) is 0 Å². The summed E-state index contributed by atoms with van der Waals surface area (Å²) < 4.78 is 6.88. The summed E-state index contributed by atoms with van der Waals surface area (Å²) in [6.45, 7) is 7.01. The van der Waals surface area contributed by atoms with E-state index in [-0.39, 0.29) is 0 Å². The van der Waals surface area contributed by atoms with Crippen molar-refractivity contribution < 1.29 is 4.74 Å². The number of nitrogens with one attached hydrogen (secondary N) is 1. The van der Waals surface area contributed by atoms with Gasteiger partial charge in [0.15, 0.2) is 0 Å². The van der Waals surface area contributed by atoms with Gasteiger partial charge in [0.05, 0.1) is 5.69 Å². The first-order valence-electron chi connectivity index (χ1n) is 6.68. The first-order chi connectivity index (χ1) is 9.54. The van der Waals surface area contributed by atoms with Gasteiger partial charge in [0.25, 0.3) is 0 Å². The highest BCUT2D eigenvalue weighted by molar-refractivity contribution is 9.10. The molecule has 0 atom stereocenters. The number of ether oxygens (including phenoxy) is 1. The van der Waals surface area contributed by atoms with E-state index in [1.807, 2.05) is 43.3 Å². The third-order valence-corrected chi connectivity index (χ3v) is 3.71. The van der Waals surface area contributed by atoms with Crippen molar-refractivity contribution in [2.75, 3.05) is 0 Å². The molecule has 2 rings (SSSR count). The van der Waals surface area contributed by atoms with Gasteiger partial charge in [0.1, 0.15) is 5.75 Å². The molecule has 0 unspecified atom stereocenters. The molecule has 0 aliphatic rings. The van der Waals surface area contributed by atoms with Gasteiger partial charge >= 0.3 is 0 Å². The van der Waals surface area contributed by atoms with Crippen LogP contribution in [0.5, 0.6) is 11.6 Å². The monoisotopic (exact) mass is 334 g/mol. The highest BCUT2D eigenvalue weighted by atomic mass is 79.9. The highest BCUT2D eigenvalue weighted by Gasteiger charge is 2.03. The standard InChI is InChI=1S/C16H19BrN2O/c1-11(2)18-10-13-5-4-6-16(19-13)20-14-7-8-15(17)12(3)9-14/h4-9,11,18H,10H2,1-3H3. The summed E-state index contributed by atoms with van der Waals surface area (Å²) in [5, 5.41) is 3.35. The second kappa shape index (κ2) is 6.86. The van der Waals surface area contributed by atoms with Crippen LogP contribution >= 0.6 is 15.9 Å². The molecule has 1 N–H and O–H groups in total. The third-order valence-electron chi connectivity index (χ3n) is 2.82. The predicted octanol–water partition coefficient (Wildman–Crippen LogP) is 4.44. The predicted molar refractivity (Wildman–Crippen MR) is 85.2 cm³/mol. The van der Waals surface area contributed by atoms with Crippen LogP contribution < -0.4 is 10.1 Å². The Kier molecular flexibility index (Phi) is 5.15. The minimum atomic E-state index is 0.440. The fourth-order valence-electron chi connectivity index (χ4n) is 1.72. The fraction of sp³-hybridized carbons (Fsp3) is 0.312. The maximum absolute atomic E-state index is 5.80. The zero-order valence-electron chi connectivity index (χ0n) is 12.0. The van der Waals surface area contributed by atoms with Crippen molar-refractivity contribution in [2.45, 2.75) is 33.4 Å². The van der Waals surface area contributed by atoms with Gasteiger partial charge in [-0.1, -0.05) is 35.8 Å². The van der Waals surface area contributed by atoms with E-state index >= 15 is 0 Å². The lowest BCUT2D eigenvalue weighted by Crippen LogP contribution is -2.22. The van der Waals surface area contributed by atoms with Crippen LogP contribution in [0.2, 0.25) is 0 Å². The van der Waals surface area contributed by atoms with Gasteiger partial charge in [0, 0.05) is 23.1 Å². The second-order valence-electron chi connectivity index (χ2n) is 5.02. The van der Waals surface area contributed by atoms with Crippen molar-refractivity contribution in [3.63, 3.8) is 0 Å². The van der Waals surface area contributed by atoms with E-state index in [4.69, 9.17) is 4.74 Å². The minimum absolute atomic E-state index is 0.440. The van der Waals surface area contributed by atoms with Crippen molar-refractivity contribution in [3.05, 3.63) is 52.1 Å². The number of pyridine rings is 1. The van der Waals surface area contributed by atoms with Crippen LogP contribution in [0.15, 0.2) is 40.9 Å². The topological polar surface area (TPSA) is 34.1 Å². The van der Waals surface area contributed by atoms with E-state index < -0.39 is 0 Å². The van der Waals surface area contributed by atoms with Crippen LogP contribution in [-0.4, -0.2) is 11.0 Å². The average Bonchev–Trinajstić information content (AvgIpc) is 2.41. The molecule has 1 aromatic carbocycles. The van der Waals surface area contributed by atoms with Crippen LogP contribution in [0.25, 0.3) is 0 Å². The molecule has 1 heterocycles. The van der Waals surface area contributed by atoms with E-state index in [2.05, 4.69) is 40.1 Å². The lowest BCUT2D eigenvalue weighted by molar-refractivity contribution is 0.458. The molecular weight excluding hydrogens is 316 g/mol. The summed E-state index contributed by atoms with van der Waals surface area (Å²) in [7, 11) is 0. The summed E-state index contributed by atoms with van der Waals surface area (Å²) in [4.78, 5) is 4.50. The fourth-order valence-corrected chi connectivity index (χ4v) is 1.97. The summed E-state index contributed by atoms with van der Waals surface area (Å²) in [6.07, 6.45) is 0. The van der Waals surface area contributed by atoms with Crippen molar-refractivity contribution in [3.8, 4) is 11.6 Å². The number of aromatic nitrogens is 1. The molecular formula is C16H19BrN2O. The van der Waals surface area contributed by atoms with Crippen molar-refractivity contribution in [1.29, 1.82) is 0 Å². The molecule has 0 spiro atoms. The quantitative estimate of drug-likeness (QED) is 0.877. The normalized spacial score (nSPS) is 10.8. The number of nitrogens with zero attached hydrogens (tertiary/aromatic N) is 1. The molecule has 0 bridgehead atoms. The van der Waals surface area contributed by atoms with Crippen LogP contribution in [0, 0.1) is 6.92 Å². The van der Waals surface area contributed by atoms with Gasteiger partial charge < -0.3 is 10.1 Å². The third kappa shape index (κ3) is 4.32. The number of hydrogen-bond acceptors (Lipinski definition) is 3. The molecule has 0 saturated heterocycles. The Bertz CT molecular complexity index is 584. The minimum Gasteiger partial charge on any atom is -0.439 e. The zero-order valence-corrected chi connectivity index (χ0v) is 13.6. The number of rotatable bonds is 5. The number of hydrogen-bond donors (Lipinski definition) is 1. The molecule has 2 aromatic rings. The molecule has 20 heavy (non-hydrogen) atoms. The zero-order chi connectivity index (χ0) is 14.5. The molecule has 0 aliphatic heterocycles. The van der Waals surface area contributed by atoms with E-state index in [9.17, 15) is 0 Å². The Hall–Kier alpha value is -1.39. The smallest absolute Gasteiger partial charge is 0.219 e. The molecule has 3 nitrogen and oxygen atoms in total. The maximum Gasteiger partial charge on any atom is 0.219 e. The lowest BCUT2D eigenvalue weighted by Gasteiger charge is -2.10. The van der Waals surface area contributed by atoms with Gasteiger partial charge in [-0.15, -0.1) is 0 Å². The van der Waals surface area contributed by atoms with Crippen LogP contribution in [0.4, 0.5) is 0 Å². The van der Waals surface area contributed by atoms with Crippen molar-refractivity contribution >= 4 is 15.9 Å². The molecule has 0 amide bonds. The Labute approximate surface area is 128 Å². The Morgan fingerprint density at radius 3 is 2.75 bits per heavy atom. The van der Waals surface area contributed by atoms with E-state index in [1.54, 1.807) is 0 Å². The van der Waals surface area contributed by atoms with Crippen LogP contribution in [-0.2, 0) is 6.54 Å². The number of halogens is 1. The van der Waals surface area contributed by atoms with Gasteiger partial charge in [-0.05, 0) is 36.8 Å². The molecule has 0 fully saturated rings. The molecule has 0 radical (unpaired) electrons. The Morgan fingerprint density at radius 1 is 1.25 bits per heavy atom. The summed E-state index contributed by atoms with van der Waals surface area (Å²) in [5.41, 5.74) is 2.12. The van der Waals surface area contributed by atoms with E-state index in [0.29, 0.717) is 11.9 Å². The molecule has 1 aromatic heterocycles. The average molecular weight is 335 g/mol. The molecule has 0 aliphatic carbocycles. The van der Waals surface area contributed by atoms with Gasteiger partial charge in [-0.3, -0.25) is 0 Å². The number of benzene rings is 1. The lowest BCUT2D eigenvalue weighted by atomic mass is 10.2. The summed E-state index contributed by atoms with van der Waals surface area (Å²) in [6, 6.07) is 12.2. The van der Waals surface area contributed by atoms with Gasteiger partial charge in [0.2, 0.25) is 5.88 Å². The molecule has 4 heteroatoms. The summed E-state index contributed by atoms with van der Waals surface area (Å²) >= 11 is 3.48. The van der Waals surface area contributed by atoms with Crippen molar-refractivity contribution in [2.24, 2.45) is 0 Å². The van der Waals surface area contributed by atoms with Crippen LogP contribution in [0.1, 0.15) is 25.1 Å². The second-order valence-corrected chi connectivity index (χ2v) is 5.87. The summed E-state index contributed by atoms with van der Waals surface area (Å²) in [5.74, 6) is 1.42.